The molecule has 0 bridgehead atoms. The van der Waals surface area contributed by atoms with Crippen LogP contribution in [0.4, 0.5) is 10.2 Å². The minimum absolute atomic E-state index is 0.0491. The summed E-state index contributed by atoms with van der Waals surface area (Å²) < 4.78 is 30.8. The number of hydrogen-bond donors (Lipinski definition) is 1. The molecule has 35 heavy (non-hydrogen) atoms. The lowest BCUT2D eigenvalue weighted by atomic mass is 10.1. The Balaban J connectivity index is 1.31. The number of ether oxygens (including phenoxy) is 2. The average Bonchev–Trinajstić information content (AvgIpc) is 3.45. The second kappa shape index (κ2) is 10.1. The first kappa shape index (κ1) is 24.2. The molecule has 2 heterocycles. The third-order valence-corrected chi connectivity index (χ3v) is 5.17. The molecule has 0 fully saturated rings. The van der Waals surface area contributed by atoms with Crippen molar-refractivity contribution >= 4 is 17.4 Å². The van der Waals surface area contributed by atoms with Gasteiger partial charge in [0.2, 0.25) is 0 Å². The fourth-order valence-electron chi connectivity index (χ4n) is 3.15. The van der Waals surface area contributed by atoms with Gasteiger partial charge in [-0.1, -0.05) is 5.16 Å². The summed E-state index contributed by atoms with van der Waals surface area (Å²) in [5, 5.41) is 25.4. The number of aromatic nitrogens is 3. The maximum Gasteiger partial charge on any atom is 0.383 e. The Labute approximate surface area is 203 Å². The molecule has 10 nitrogen and oxygen atoms in total. The van der Waals surface area contributed by atoms with Crippen molar-refractivity contribution < 1.29 is 28.4 Å². The van der Waals surface area contributed by atoms with Gasteiger partial charge in [0.15, 0.2) is 5.76 Å². The van der Waals surface area contributed by atoms with E-state index in [1.54, 1.807) is 30.3 Å². The van der Waals surface area contributed by atoms with Gasteiger partial charge in [0.1, 0.15) is 48.0 Å². The molecule has 0 amide bonds. The van der Waals surface area contributed by atoms with Crippen molar-refractivity contribution in [1.82, 2.24) is 14.7 Å². The van der Waals surface area contributed by atoms with Crippen LogP contribution in [0, 0.1) is 15.9 Å². The molecular formula is C23H20ClFN4O6. The highest BCUT2D eigenvalue weighted by Crippen LogP contribution is 2.24. The summed E-state index contributed by atoms with van der Waals surface area (Å²) in [6.45, 7) is 1.52. The second-order valence-corrected chi connectivity index (χ2v) is 8.32. The van der Waals surface area contributed by atoms with E-state index in [0.29, 0.717) is 23.0 Å². The molecule has 0 aliphatic carbocycles. The Hall–Kier alpha value is -3.96. The summed E-state index contributed by atoms with van der Waals surface area (Å²) in [6.07, 6.45) is 1.16. The minimum atomic E-state index is -1.37. The highest BCUT2D eigenvalue weighted by molar-refractivity contribution is 6.28. The van der Waals surface area contributed by atoms with E-state index in [4.69, 9.17) is 25.6 Å². The molecule has 0 unspecified atom stereocenters. The molecule has 182 valence electrons. The van der Waals surface area contributed by atoms with Gasteiger partial charge in [0.05, 0.1) is 6.54 Å². The third kappa shape index (κ3) is 6.34. The zero-order valence-electron chi connectivity index (χ0n) is 18.4. The largest absolute Gasteiger partial charge is 0.491 e. The summed E-state index contributed by atoms with van der Waals surface area (Å²) >= 11 is 5.91. The molecule has 2 aromatic heterocycles. The topological polar surface area (TPSA) is 126 Å². The molecule has 0 radical (unpaired) electrons. The van der Waals surface area contributed by atoms with E-state index in [0.717, 1.165) is 11.8 Å². The van der Waals surface area contributed by atoms with Crippen LogP contribution in [0.25, 0.3) is 11.3 Å². The first-order valence-corrected chi connectivity index (χ1v) is 10.7. The Kier molecular flexibility index (Phi) is 6.99. The molecule has 0 aliphatic heterocycles. The molecule has 0 aliphatic rings. The second-order valence-electron chi connectivity index (χ2n) is 7.98. The molecule has 0 saturated carbocycles. The van der Waals surface area contributed by atoms with Crippen LogP contribution in [0.15, 0.2) is 65.3 Å². The Morgan fingerprint density at radius 1 is 1.17 bits per heavy atom. The van der Waals surface area contributed by atoms with Crippen LogP contribution in [-0.4, -0.2) is 36.9 Å². The van der Waals surface area contributed by atoms with E-state index in [1.807, 2.05) is 0 Å². The number of halogens is 2. The van der Waals surface area contributed by atoms with E-state index in [1.165, 1.54) is 35.8 Å². The number of rotatable bonds is 10. The van der Waals surface area contributed by atoms with Crippen molar-refractivity contribution in [1.29, 1.82) is 0 Å². The van der Waals surface area contributed by atoms with E-state index >= 15 is 0 Å². The van der Waals surface area contributed by atoms with Gasteiger partial charge < -0.3 is 29.2 Å². The lowest BCUT2D eigenvalue weighted by Crippen LogP contribution is -2.37. The smallest absolute Gasteiger partial charge is 0.383 e. The number of nitro groups is 1. The van der Waals surface area contributed by atoms with Crippen molar-refractivity contribution in [3.8, 4) is 22.8 Å². The van der Waals surface area contributed by atoms with Crippen molar-refractivity contribution in [3.63, 3.8) is 0 Å². The SMILES string of the molecule is C[C@](O)(COc1ccc(-c2cc(COc3ccc(F)cc3)on2)cc1)Cn1cc([N+](=O)[O-])nc1Cl. The normalized spacial score (nSPS) is 12.8. The van der Waals surface area contributed by atoms with Crippen LogP contribution in [0.5, 0.6) is 11.5 Å². The summed E-state index contributed by atoms with van der Waals surface area (Å²) in [5.74, 6) is 0.763. The Morgan fingerprint density at radius 3 is 2.49 bits per heavy atom. The highest BCUT2D eigenvalue weighted by Gasteiger charge is 2.27. The number of imidazole rings is 1. The summed E-state index contributed by atoms with van der Waals surface area (Å²) in [4.78, 5) is 13.8. The summed E-state index contributed by atoms with van der Waals surface area (Å²) in [5.41, 5.74) is -0.00131. The molecule has 0 saturated heterocycles. The lowest BCUT2D eigenvalue weighted by Gasteiger charge is -2.23. The van der Waals surface area contributed by atoms with Gasteiger partial charge >= 0.3 is 11.1 Å². The van der Waals surface area contributed by atoms with E-state index in [-0.39, 0.29) is 30.9 Å². The van der Waals surface area contributed by atoms with E-state index in [9.17, 15) is 19.6 Å². The predicted molar refractivity (Wildman–Crippen MR) is 123 cm³/mol. The van der Waals surface area contributed by atoms with Gasteiger partial charge in [-0.05, 0) is 77.0 Å². The van der Waals surface area contributed by atoms with Gasteiger partial charge in [-0.3, -0.25) is 4.57 Å². The molecule has 12 heteroatoms. The molecule has 0 spiro atoms. The Bertz CT molecular complexity index is 1300. The minimum Gasteiger partial charge on any atom is -0.491 e. The molecule has 4 rings (SSSR count). The quantitative estimate of drug-likeness (QED) is 0.245. The maximum atomic E-state index is 13.0. The molecule has 4 aromatic rings. The Morgan fingerprint density at radius 2 is 1.83 bits per heavy atom. The van der Waals surface area contributed by atoms with Crippen LogP contribution in [0.1, 0.15) is 12.7 Å². The van der Waals surface area contributed by atoms with E-state index < -0.39 is 16.3 Å². The van der Waals surface area contributed by atoms with Crippen molar-refractivity contribution in [2.24, 2.45) is 0 Å². The van der Waals surface area contributed by atoms with Crippen LogP contribution in [0.3, 0.4) is 0 Å². The van der Waals surface area contributed by atoms with Crippen LogP contribution in [-0.2, 0) is 13.2 Å². The van der Waals surface area contributed by atoms with Gasteiger partial charge in [0, 0.05) is 11.6 Å². The van der Waals surface area contributed by atoms with Gasteiger partial charge in [0.25, 0.3) is 0 Å². The van der Waals surface area contributed by atoms with Gasteiger partial charge in [-0.2, -0.15) is 0 Å². The standard InChI is InChI=1S/C23H20ClFN4O6/c1-23(30,13-28-11-21(29(31)32)26-22(28)24)14-34-18-6-2-15(3-7-18)20-10-19(35-27-20)12-33-17-8-4-16(25)5-9-17/h2-11,30H,12-14H2,1H3/t23-/m1/s1. The third-order valence-electron chi connectivity index (χ3n) is 4.87. The maximum absolute atomic E-state index is 13.0. The van der Waals surface area contributed by atoms with Crippen LogP contribution in [0.2, 0.25) is 5.28 Å². The zero-order chi connectivity index (χ0) is 25.0. The molecule has 2 aromatic carbocycles. The lowest BCUT2D eigenvalue weighted by molar-refractivity contribution is -0.389. The summed E-state index contributed by atoms with van der Waals surface area (Å²) in [6, 6.07) is 14.4. The molecule has 1 atom stereocenters. The van der Waals surface area contributed by atoms with Gasteiger partial charge in [-0.25, -0.2) is 4.39 Å². The van der Waals surface area contributed by atoms with Crippen molar-refractivity contribution in [2.75, 3.05) is 6.61 Å². The fourth-order valence-corrected chi connectivity index (χ4v) is 3.35. The van der Waals surface area contributed by atoms with Crippen LogP contribution < -0.4 is 9.47 Å². The number of nitrogens with zero attached hydrogens (tertiary/aromatic N) is 4. The van der Waals surface area contributed by atoms with E-state index in [2.05, 4.69) is 10.1 Å². The zero-order valence-corrected chi connectivity index (χ0v) is 19.2. The van der Waals surface area contributed by atoms with Crippen molar-refractivity contribution in [2.45, 2.75) is 25.7 Å². The number of benzene rings is 2. The average molecular weight is 503 g/mol. The number of hydrogen-bond acceptors (Lipinski definition) is 8. The molecule has 1 N–H and O–H groups in total. The molecular weight excluding hydrogens is 483 g/mol. The number of aliphatic hydroxyl groups is 1. The fraction of sp³-hybridized carbons (Fsp3) is 0.217. The highest BCUT2D eigenvalue weighted by atomic mass is 35.5. The van der Waals surface area contributed by atoms with Gasteiger partial charge in [-0.15, -0.1) is 0 Å². The van der Waals surface area contributed by atoms with Crippen molar-refractivity contribution in [3.05, 3.63) is 87.8 Å². The monoisotopic (exact) mass is 502 g/mol. The first-order valence-electron chi connectivity index (χ1n) is 10.4. The first-order chi connectivity index (χ1) is 16.7. The summed E-state index contributed by atoms with van der Waals surface area (Å²) in [7, 11) is 0. The predicted octanol–water partition coefficient (Wildman–Crippen LogP) is 4.65. The van der Waals surface area contributed by atoms with Crippen LogP contribution >= 0.6 is 11.6 Å².